The van der Waals surface area contributed by atoms with Crippen LogP contribution >= 0.6 is 0 Å². The molecular weight excluding hydrogens is 190 g/mol. The third kappa shape index (κ3) is 4.49. The van der Waals surface area contributed by atoms with Gasteiger partial charge in [0.2, 0.25) is 0 Å². The summed E-state index contributed by atoms with van der Waals surface area (Å²) in [5.74, 6) is 0. The highest BCUT2D eigenvalue weighted by molar-refractivity contribution is 4.82. The van der Waals surface area contributed by atoms with Gasteiger partial charge in [-0.2, -0.15) is 0 Å². The van der Waals surface area contributed by atoms with Crippen molar-refractivity contribution >= 4 is 0 Å². The molecule has 0 bridgehead atoms. The topological polar surface area (TPSA) is 30.5 Å². The van der Waals surface area contributed by atoms with Crippen LogP contribution in [-0.2, 0) is 9.47 Å². The third-order valence-corrected chi connectivity index (χ3v) is 3.10. The maximum Gasteiger partial charge on any atom is 0.0700 e. The molecule has 0 saturated carbocycles. The lowest BCUT2D eigenvalue weighted by Gasteiger charge is -2.24. The van der Waals surface area contributed by atoms with E-state index < -0.39 is 0 Å². The Balaban J connectivity index is 2.28. The lowest BCUT2D eigenvalue weighted by Crippen LogP contribution is -2.44. The fraction of sp³-hybridized carbons (Fsp3) is 1.00. The first-order chi connectivity index (χ1) is 7.27. The normalized spacial score (nSPS) is 28.2. The molecule has 1 saturated heterocycles. The van der Waals surface area contributed by atoms with Crippen LogP contribution in [0.15, 0.2) is 0 Å². The number of nitrogens with one attached hydrogen (secondary N) is 1. The van der Waals surface area contributed by atoms with E-state index in [1.807, 2.05) is 0 Å². The van der Waals surface area contributed by atoms with E-state index in [9.17, 15) is 0 Å². The summed E-state index contributed by atoms with van der Waals surface area (Å²) >= 11 is 0. The first-order valence-electron chi connectivity index (χ1n) is 6.14. The molecule has 3 atom stereocenters. The molecule has 15 heavy (non-hydrogen) atoms. The zero-order chi connectivity index (χ0) is 11.1. The van der Waals surface area contributed by atoms with Crippen LogP contribution in [0.4, 0.5) is 0 Å². The molecule has 90 valence electrons. The lowest BCUT2D eigenvalue weighted by atomic mass is 10.1. The van der Waals surface area contributed by atoms with Crippen molar-refractivity contribution in [1.82, 2.24) is 5.32 Å². The molecule has 0 spiro atoms. The molecule has 0 aromatic carbocycles. The molecule has 0 radical (unpaired) electrons. The van der Waals surface area contributed by atoms with Gasteiger partial charge >= 0.3 is 0 Å². The van der Waals surface area contributed by atoms with Gasteiger partial charge < -0.3 is 14.8 Å². The first kappa shape index (κ1) is 12.9. The molecule has 0 aromatic heterocycles. The minimum atomic E-state index is 0.353. The van der Waals surface area contributed by atoms with Gasteiger partial charge in [0.1, 0.15) is 0 Å². The van der Waals surface area contributed by atoms with Crippen molar-refractivity contribution < 1.29 is 9.47 Å². The summed E-state index contributed by atoms with van der Waals surface area (Å²) in [5.41, 5.74) is 0. The highest BCUT2D eigenvalue weighted by Crippen LogP contribution is 2.14. The van der Waals surface area contributed by atoms with Crippen LogP contribution in [0.3, 0.4) is 0 Å². The van der Waals surface area contributed by atoms with Crippen LogP contribution in [0.25, 0.3) is 0 Å². The Hall–Kier alpha value is -0.120. The van der Waals surface area contributed by atoms with Gasteiger partial charge in [0.25, 0.3) is 0 Å². The summed E-state index contributed by atoms with van der Waals surface area (Å²) in [7, 11) is 1.77. The molecule has 1 aliphatic rings. The van der Waals surface area contributed by atoms with E-state index >= 15 is 0 Å². The Morgan fingerprint density at radius 3 is 2.87 bits per heavy atom. The summed E-state index contributed by atoms with van der Waals surface area (Å²) in [6, 6.07) is 1.01. The second-order valence-corrected chi connectivity index (χ2v) is 4.43. The Kier molecular flexibility index (Phi) is 6.22. The molecule has 3 heteroatoms. The van der Waals surface area contributed by atoms with Crippen LogP contribution in [-0.4, -0.2) is 38.5 Å². The molecule has 0 aromatic rings. The molecule has 1 rings (SSSR count). The van der Waals surface area contributed by atoms with Crippen LogP contribution < -0.4 is 5.32 Å². The van der Waals surface area contributed by atoms with Gasteiger partial charge in [-0.15, -0.1) is 0 Å². The van der Waals surface area contributed by atoms with Crippen molar-refractivity contribution in [3.05, 3.63) is 0 Å². The molecule has 0 amide bonds. The second kappa shape index (κ2) is 7.20. The van der Waals surface area contributed by atoms with Crippen molar-refractivity contribution in [2.75, 3.05) is 20.3 Å². The molecule has 3 nitrogen and oxygen atoms in total. The standard InChI is InChI=1S/C12H25NO2/c1-4-5-6-11(9-14-3)13-12-7-8-15-10(12)2/h10-13H,4-9H2,1-3H3. The van der Waals surface area contributed by atoms with E-state index in [-0.39, 0.29) is 0 Å². The zero-order valence-corrected chi connectivity index (χ0v) is 10.3. The molecular formula is C12H25NO2. The van der Waals surface area contributed by atoms with Crippen LogP contribution in [0.1, 0.15) is 39.5 Å². The quantitative estimate of drug-likeness (QED) is 0.704. The number of unbranched alkanes of at least 4 members (excludes halogenated alkanes) is 1. The van der Waals surface area contributed by atoms with Crippen molar-refractivity contribution in [3.63, 3.8) is 0 Å². The number of ether oxygens (including phenoxy) is 2. The fourth-order valence-electron chi connectivity index (χ4n) is 2.12. The van der Waals surface area contributed by atoms with Crippen LogP contribution in [0.2, 0.25) is 0 Å². The maximum absolute atomic E-state index is 5.55. The van der Waals surface area contributed by atoms with Crippen molar-refractivity contribution in [2.45, 2.75) is 57.7 Å². The number of rotatable bonds is 7. The van der Waals surface area contributed by atoms with Gasteiger partial charge in [0, 0.05) is 25.8 Å². The van der Waals surface area contributed by atoms with Gasteiger partial charge in [-0.25, -0.2) is 0 Å². The minimum absolute atomic E-state index is 0.353. The minimum Gasteiger partial charge on any atom is -0.383 e. The first-order valence-corrected chi connectivity index (χ1v) is 6.14. The Morgan fingerprint density at radius 1 is 1.53 bits per heavy atom. The summed E-state index contributed by atoms with van der Waals surface area (Å²) < 4.78 is 10.8. The van der Waals surface area contributed by atoms with E-state index in [1.165, 1.54) is 19.3 Å². The highest BCUT2D eigenvalue weighted by atomic mass is 16.5. The van der Waals surface area contributed by atoms with Crippen molar-refractivity contribution in [3.8, 4) is 0 Å². The average molecular weight is 215 g/mol. The summed E-state index contributed by atoms with van der Waals surface area (Å²) in [6.07, 6.45) is 5.20. The molecule has 1 N–H and O–H groups in total. The monoisotopic (exact) mass is 215 g/mol. The van der Waals surface area contributed by atoms with Crippen LogP contribution in [0.5, 0.6) is 0 Å². The number of hydrogen-bond donors (Lipinski definition) is 1. The SMILES string of the molecule is CCCCC(COC)NC1CCOC1C. The van der Waals surface area contributed by atoms with E-state index in [1.54, 1.807) is 7.11 Å². The Bertz CT molecular complexity index is 164. The molecule has 0 aliphatic carbocycles. The van der Waals surface area contributed by atoms with Crippen molar-refractivity contribution in [1.29, 1.82) is 0 Å². The highest BCUT2D eigenvalue weighted by Gasteiger charge is 2.26. The fourth-order valence-corrected chi connectivity index (χ4v) is 2.12. The largest absolute Gasteiger partial charge is 0.383 e. The van der Waals surface area contributed by atoms with Gasteiger partial charge in [-0.1, -0.05) is 19.8 Å². The Labute approximate surface area is 93.5 Å². The number of methoxy groups -OCH3 is 1. The zero-order valence-electron chi connectivity index (χ0n) is 10.3. The molecule has 3 unspecified atom stereocenters. The van der Waals surface area contributed by atoms with Crippen LogP contribution in [0, 0.1) is 0 Å². The van der Waals surface area contributed by atoms with E-state index in [0.29, 0.717) is 18.2 Å². The Morgan fingerprint density at radius 2 is 2.33 bits per heavy atom. The maximum atomic E-state index is 5.55. The second-order valence-electron chi connectivity index (χ2n) is 4.43. The van der Waals surface area contributed by atoms with E-state index in [0.717, 1.165) is 19.6 Å². The average Bonchev–Trinajstić information content (AvgIpc) is 2.61. The van der Waals surface area contributed by atoms with E-state index in [2.05, 4.69) is 19.2 Å². The summed E-state index contributed by atoms with van der Waals surface area (Å²) in [4.78, 5) is 0. The van der Waals surface area contributed by atoms with Gasteiger partial charge in [-0.05, 0) is 19.8 Å². The summed E-state index contributed by atoms with van der Waals surface area (Å²) in [5, 5.41) is 3.65. The summed E-state index contributed by atoms with van der Waals surface area (Å²) in [6.45, 7) is 6.08. The van der Waals surface area contributed by atoms with Gasteiger partial charge in [-0.3, -0.25) is 0 Å². The predicted octanol–water partition coefficient (Wildman–Crippen LogP) is 1.96. The van der Waals surface area contributed by atoms with E-state index in [4.69, 9.17) is 9.47 Å². The number of hydrogen-bond acceptors (Lipinski definition) is 3. The molecule has 1 fully saturated rings. The lowest BCUT2D eigenvalue weighted by molar-refractivity contribution is 0.102. The molecule has 1 aliphatic heterocycles. The predicted molar refractivity (Wildman–Crippen MR) is 62.1 cm³/mol. The van der Waals surface area contributed by atoms with Crippen molar-refractivity contribution in [2.24, 2.45) is 0 Å². The molecule has 1 heterocycles. The smallest absolute Gasteiger partial charge is 0.0700 e. The van der Waals surface area contributed by atoms with Gasteiger partial charge in [0.15, 0.2) is 0 Å². The third-order valence-electron chi connectivity index (χ3n) is 3.10. The van der Waals surface area contributed by atoms with Gasteiger partial charge in [0.05, 0.1) is 12.7 Å².